The number of aryl methyl sites for hydroxylation is 2. The zero-order valence-corrected chi connectivity index (χ0v) is 19.4. The number of nitrogens with zero attached hydrogens (tertiary/aromatic N) is 3. The quantitative estimate of drug-likeness (QED) is 0.477. The lowest BCUT2D eigenvalue weighted by molar-refractivity contribution is -0.140. The van der Waals surface area contributed by atoms with Crippen LogP contribution in [0.25, 0.3) is 0 Å². The Kier molecular flexibility index (Phi) is 7.93. The molecule has 0 fully saturated rings. The maximum absolute atomic E-state index is 13.9. The number of nitrogens with one attached hydrogen (secondary N) is 1. The van der Waals surface area contributed by atoms with Gasteiger partial charge in [-0.2, -0.15) is 0 Å². The molecule has 0 bridgehead atoms. The third kappa shape index (κ3) is 5.94. The summed E-state index contributed by atoms with van der Waals surface area (Å²) in [6.07, 6.45) is 1.60. The lowest BCUT2D eigenvalue weighted by atomic mass is 10.2. The first kappa shape index (κ1) is 24.8. The van der Waals surface area contributed by atoms with Crippen LogP contribution in [-0.2, 0) is 22.7 Å². The van der Waals surface area contributed by atoms with E-state index in [1.54, 1.807) is 40.0 Å². The predicted octanol–water partition coefficient (Wildman–Crippen LogP) is 3.44. The van der Waals surface area contributed by atoms with Crippen LogP contribution < -0.4 is 15.6 Å². The van der Waals surface area contributed by atoms with Crippen LogP contribution in [0.4, 0.5) is 14.6 Å². The Bertz CT molecular complexity index is 1260. The molecule has 34 heavy (non-hydrogen) atoms. The highest BCUT2D eigenvalue weighted by molar-refractivity contribution is 5.74. The molecule has 180 valence electrons. The van der Waals surface area contributed by atoms with Gasteiger partial charge < -0.3 is 19.4 Å². The zero-order valence-electron chi connectivity index (χ0n) is 19.4. The molecule has 2 aromatic heterocycles. The van der Waals surface area contributed by atoms with Crippen molar-refractivity contribution >= 4 is 11.8 Å². The Morgan fingerprint density at radius 3 is 2.62 bits per heavy atom. The fraction of sp³-hybridized carbons (Fsp3) is 0.333. The molecule has 8 nitrogen and oxygen atoms in total. The normalized spacial score (nSPS) is 10.8. The molecule has 2 heterocycles. The van der Waals surface area contributed by atoms with Crippen molar-refractivity contribution in [1.29, 1.82) is 0 Å². The van der Waals surface area contributed by atoms with E-state index < -0.39 is 17.6 Å². The molecule has 3 rings (SSSR count). The Balaban J connectivity index is 1.83. The van der Waals surface area contributed by atoms with Gasteiger partial charge in [0, 0.05) is 29.1 Å². The summed E-state index contributed by atoms with van der Waals surface area (Å²) in [6.45, 7) is 7.00. The molecule has 0 aliphatic rings. The van der Waals surface area contributed by atoms with Gasteiger partial charge in [0.05, 0.1) is 18.7 Å². The van der Waals surface area contributed by atoms with Crippen LogP contribution in [0, 0.1) is 32.4 Å². The van der Waals surface area contributed by atoms with Crippen molar-refractivity contribution in [2.45, 2.75) is 40.8 Å². The van der Waals surface area contributed by atoms with Gasteiger partial charge >= 0.3 is 5.97 Å². The number of hydrogen-bond donors (Lipinski definition) is 1. The summed E-state index contributed by atoms with van der Waals surface area (Å²) in [5.74, 6) is -0.572. The van der Waals surface area contributed by atoms with Crippen LogP contribution in [0.3, 0.4) is 0 Å². The monoisotopic (exact) mass is 472 g/mol. The smallest absolute Gasteiger partial charge is 0.325 e. The average molecular weight is 472 g/mol. The number of rotatable bonds is 9. The first-order chi connectivity index (χ1) is 16.2. The molecule has 0 saturated carbocycles. The Labute approximate surface area is 195 Å². The number of aromatic nitrogens is 3. The van der Waals surface area contributed by atoms with Gasteiger partial charge in [0.25, 0.3) is 5.56 Å². The van der Waals surface area contributed by atoms with Gasteiger partial charge in [-0.05, 0) is 45.9 Å². The minimum Gasteiger partial charge on any atom is -0.488 e. The molecular weight excluding hydrogens is 446 g/mol. The highest BCUT2D eigenvalue weighted by Crippen LogP contribution is 2.21. The molecule has 0 radical (unpaired) electrons. The summed E-state index contributed by atoms with van der Waals surface area (Å²) >= 11 is 0. The van der Waals surface area contributed by atoms with E-state index in [2.05, 4.69) is 15.3 Å². The second-order valence-electron chi connectivity index (χ2n) is 7.64. The minimum absolute atomic E-state index is 0.0725. The topological polar surface area (TPSA) is 95.3 Å². The second-order valence-corrected chi connectivity index (χ2v) is 7.64. The molecular formula is C24H26F2N4O4. The predicted molar refractivity (Wildman–Crippen MR) is 122 cm³/mol. The van der Waals surface area contributed by atoms with E-state index in [-0.39, 0.29) is 37.4 Å². The fourth-order valence-electron chi connectivity index (χ4n) is 3.29. The average Bonchev–Trinajstić information content (AvgIpc) is 2.79. The van der Waals surface area contributed by atoms with Gasteiger partial charge in [-0.3, -0.25) is 9.59 Å². The van der Waals surface area contributed by atoms with E-state index >= 15 is 0 Å². The summed E-state index contributed by atoms with van der Waals surface area (Å²) < 4.78 is 39.2. The highest BCUT2D eigenvalue weighted by Gasteiger charge is 2.15. The van der Waals surface area contributed by atoms with E-state index in [1.807, 2.05) is 0 Å². The van der Waals surface area contributed by atoms with Gasteiger partial charge in [0.2, 0.25) is 0 Å². The number of pyridine rings is 1. The van der Waals surface area contributed by atoms with E-state index in [0.717, 1.165) is 12.1 Å². The van der Waals surface area contributed by atoms with Crippen molar-refractivity contribution in [3.8, 4) is 5.75 Å². The standard InChI is InChI=1S/C24H26F2N4O4/c1-5-33-22(31)11-28-23-18(10-27-16(4)29-23)12-30-14(2)8-21(15(3)24(30)32)34-13-17-6-7-19(25)9-20(17)26/h6-10H,5,11-13H2,1-4H3,(H,27,28,29). The number of ether oxygens (including phenoxy) is 2. The number of carbonyl (C=O) groups excluding carboxylic acids is 1. The number of benzene rings is 1. The van der Waals surface area contributed by atoms with E-state index in [9.17, 15) is 18.4 Å². The first-order valence-electron chi connectivity index (χ1n) is 10.7. The minimum atomic E-state index is -0.718. The van der Waals surface area contributed by atoms with Gasteiger partial charge in [-0.25, -0.2) is 18.7 Å². The SMILES string of the molecule is CCOC(=O)CNc1nc(C)ncc1Cn1c(C)cc(OCc2ccc(F)cc2F)c(C)c1=O. The number of anilines is 1. The van der Waals surface area contributed by atoms with Gasteiger partial charge in [0.1, 0.15) is 42.2 Å². The third-order valence-corrected chi connectivity index (χ3v) is 5.12. The van der Waals surface area contributed by atoms with Crippen LogP contribution in [0.15, 0.2) is 35.3 Å². The molecule has 0 unspecified atom stereocenters. The summed E-state index contributed by atoms with van der Waals surface area (Å²) in [5.41, 5.74) is 1.43. The van der Waals surface area contributed by atoms with Crippen molar-refractivity contribution in [3.05, 3.63) is 80.7 Å². The Morgan fingerprint density at radius 1 is 1.15 bits per heavy atom. The summed E-state index contributed by atoms with van der Waals surface area (Å²) in [5, 5.41) is 2.94. The molecule has 1 aromatic carbocycles. The maximum atomic E-state index is 13.9. The van der Waals surface area contributed by atoms with E-state index in [0.29, 0.717) is 34.2 Å². The van der Waals surface area contributed by atoms with Crippen molar-refractivity contribution < 1.29 is 23.0 Å². The summed E-state index contributed by atoms with van der Waals surface area (Å²) in [7, 11) is 0. The highest BCUT2D eigenvalue weighted by atomic mass is 19.1. The van der Waals surface area contributed by atoms with Crippen LogP contribution in [0.2, 0.25) is 0 Å². The molecule has 0 spiro atoms. The molecule has 0 atom stereocenters. The van der Waals surface area contributed by atoms with Crippen LogP contribution >= 0.6 is 0 Å². The molecule has 0 aliphatic carbocycles. The maximum Gasteiger partial charge on any atom is 0.325 e. The van der Waals surface area contributed by atoms with Crippen LogP contribution in [0.1, 0.15) is 35.1 Å². The molecule has 3 aromatic rings. The fourth-order valence-corrected chi connectivity index (χ4v) is 3.29. The van der Waals surface area contributed by atoms with Crippen molar-refractivity contribution in [3.63, 3.8) is 0 Å². The lowest BCUT2D eigenvalue weighted by Crippen LogP contribution is -2.26. The van der Waals surface area contributed by atoms with Gasteiger partial charge in [-0.15, -0.1) is 0 Å². The Morgan fingerprint density at radius 2 is 1.91 bits per heavy atom. The van der Waals surface area contributed by atoms with Crippen LogP contribution in [0.5, 0.6) is 5.75 Å². The van der Waals surface area contributed by atoms with E-state index in [4.69, 9.17) is 9.47 Å². The largest absolute Gasteiger partial charge is 0.488 e. The van der Waals surface area contributed by atoms with Crippen molar-refractivity contribution in [2.24, 2.45) is 0 Å². The molecule has 0 aliphatic heterocycles. The van der Waals surface area contributed by atoms with Crippen molar-refractivity contribution in [1.82, 2.24) is 14.5 Å². The zero-order chi connectivity index (χ0) is 24.8. The number of halogens is 2. The Hall–Kier alpha value is -3.82. The molecule has 10 heteroatoms. The van der Waals surface area contributed by atoms with Gasteiger partial charge in [-0.1, -0.05) is 0 Å². The molecule has 0 saturated heterocycles. The number of carbonyl (C=O) groups is 1. The third-order valence-electron chi connectivity index (χ3n) is 5.12. The lowest BCUT2D eigenvalue weighted by Gasteiger charge is -2.17. The molecule has 1 N–H and O–H groups in total. The molecule has 0 amide bonds. The second kappa shape index (κ2) is 10.9. The summed E-state index contributed by atoms with van der Waals surface area (Å²) in [4.78, 5) is 33.4. The first-order valence-corrected chi connectivity index (χ1v) is 10.7. The number of esters is 1. The summed E-state index contributed by atoms with van der Waals surface area (Å²) in [6, 6.07) is 4.91. The number of hydrogen-bond acceptors (Lipinski definition) is 7. The van der Waals surface area contributed by atoms with Crippen molar-refractivity contribution in [2.75, 3.05) is 18.5 Å². The van der Waals surface area contributed by atoms with E-state index in [1.165, 1.54) is 10.6 Å². The van der Waals surface area contributed by atoms with Crippen LogP contribution in [-0.4, -0.2) is 33.7 Å². The van der Waals surface area contributed by atoms with Gasteiger partial charge in [0.15, 0.2) is 0 Å².